The van der Waals surface area contributed by atoms with E-state index in [1.165, 1.54) is 24.3 Å². The van der Waals surface area contributed by atoms with Crippen LogP contribution in [0.4, 0.5) is 10.2 Å². The zero-order valence-electron chi connectivity index (χ0n) is 10.3. The van der Waals surface area contributed by atoms with Crippen molar-refractivity contribution in [1.29, 1.82) is 0 Å². The van der Waals surface area contributed by atoms with Crippen molar-refractivity contribution in [2.45, 2.75) is 18.2 Å². The highest BCUT2D eigenvalue weighted by Gasteiger charge is 2.14. The van der Waals surface area contributed by atoms with Gasteiger partial charge in [0.1, 0.15) is 5.82 Å². The summed E-state index contributed by atoms with van der Waals surface area (Å²) in [6, 6.07) is 10.4. The maximum atomic E-state index is 12.9. The molecule has 1 aromatic heterocycles. The van der Waals surface area contributed by atoms with Crippen molar-refractivity contribution in [2.75, 3.05) is 4.72 Å². The van der Waals surface area contributed by atoms with Gasteiger partial charge in [0, 0.05) is 0 Å². The number of hydrogen-bond acceptors (Lipinski definition) is 3. The molecule has 0 bridgehead atoms. The third-order valence-electron chi connectivity index (χ3n) is 2.60. The zero-order chi connectivity index (χ0) is 13.9. The van der Waals surface area contributed by atoms with Gasteiger partial charge in [0.05, 0.1) is 4.90 Å². The van der Waals surface area contributed by atoms with Gasteiger partial charge < -0.3 is 0 Å². The first-order valence-electron chi connectivity index (χ1n) is 5.75. The van der Waals surface area contributed by atoms with E-state index in [-0.39, 0.29) is 10.7 Å². The molecule has 2 rings (SSSR count). The number of nitrogens with zero attached hydrogens (tertiary/aromatic N) is 1. The molecule has 0 amide bonds. The van der Waals surface area contributed by atoms with Gasteiger partial charge >= 0.3 is 0 Å². The van der Waals surface area contributed by atoms with Gasteiger partial charge in [-0.05, 0) is 36.2 Å². The molecule has 0 atom stereocenters. The minimum atomic E-state index is -3.73. The second-order valence-corrected chi connectivity index (χ2v) is 5.63. The van der Waals surface area contributed by atoms with Gasteiger partial charge in [0.15, 0.2) is 0 Å². The van der Waals surface area contributed by atoms with E-state index in [4.69, 9.17) is 0 Å². The predicted molar refractivity (Wildman–Crippen MR) is 70.8 cm³/mol. The third-order valence-corrected chi connectivity index (χ3v) is 3.97. The topological polar surface area (TPSA) is 59.1 Å². The molecular formula is C13H13FN2O2S. The molecular weight excluding hydrogens is 267 g/mol. The molecule has 0 unspecified atom stereocenters. The van der Waals surface area contributed by atoms with Gasteiger partial charge in [-0.3, -0.25) is 4.72 Å². The fourth-order valence-electron chi connectivity index (χ4n) is 1.57. The van der Waals surface area contributed by atoms with E-state index in [2.05, 4.69) is 9.71 Å². The van der Waals surface area contributed by atoms with Crippen molar-refractivity contribution < 1.29 is 12.8 Å². The number of hydrogen-bond donors (Lipinski definition) is 1. The molecule has 0 aliphatic heterocycles. The van der Waals surface area contributed by atoms with Crippen molar-refractivity contribution in [2.24, 2.45) is 0 Å². The highest BCUT2D eigenvalue weighted by Crippen LogP contribution is 2.15. The Hall–Kier alpha value is -1.95. The Morgan fingerprint density at radius 1 is 1.16 bits per heavy atom. The van der Waals surface area contributed by atoms with Crippen molar-refractivity contribution in [3.8, 4) is 0 Å². The van der Waals surface area contributed by atoms with E-state index in [1.54, 1.807) is 12.1 Å². The molecule has 1 N–H and O–H groups in total. The zero-order valence-corrected chi connectivity index (χ0v) is 11.1. The van der Waals surface area contributed by atoms with Gasteiger partial charge in [0.25, 0.3) is 10.0 Å². The van der Waals surface area contributed by atoms with Crippen LogP contribution in [-0.2, 0) is 16.4 Å². The minimum Gasteiger partial charge on any atom is -0.263 e. The first-order chi connectivity index (χ1) is 9.01. The second-order valence-electron chi connectivity index (χ2n) is 3.95. The summed E-state index contributed by atoms with van der Waals surface area (Å²) in [7, 11) is -3.73. The molecule has 0 aliphatic rings. The molecule has 1 heterocycles. The van der Waals surface area contributed by atoms with Crippen LogP contribution in [0.3, 0.4) is 0 Å². The molecule has 0 saturated heterocycles. The summed E-state index contributed by atoms with van der Waals surface area (Å²) in [5.41, 5.74) is 1.04. The number of anilines is 1. The first-order valence-corrected chi connectivity index (χ1v) is 7.24. The summed E-state index contributed by atoms with van der Waals surface area (Å²) in [6.45, 7) is 1.98. The summed E-state index contributed by atoms with van der Waals surface area (Å²) >= 11 is 0. The largest absolute Gasteiger partial charge is 0.263 e. The lowest BCUT2D eigenvalue weighted by Crippen LogP contribution is -2.14. The molecule has 100 valence electrons. The number of aryl methyl sites for hydroxylation is 1. The molecule has 6 heteroatoms. The van der Waals surface area contributed by atoms with E-state index in [1.807, 2.05) is 6.92 Å². The van der Waals surface area contributed by atoms with E-state index < -0.39 is 16.0 Å². The standard InChI is InChI=1S/C13H13FN2O2S/c1-2-10-6-8-11(9-7-10)19(17,18)16-13-5-3-4-12(14)15-13/h3-9H,2H2,1H3,(H,15,16). The summed E-state index contributed by atoms with van der Waals surface area (Å²) in [6.07, 6.45) is 0.833. The smallest absolute Gasteiger partial charge is 0.263 e. The maximum Gasteiger partial charge on any atom is 0.263 e. The van der Waals surface area contributed by atoms with Crippen LogP contribution < -0.4 is 4.72 Å². The Morgan fingerprint density at radius 3 is 2.42 bits per heavy atom. The van der Waals surface area contributed by atoms with Crippen molar-refractivity contribution in [1.82, 2.24) is 4.98 Å². The van der Waals surface area contributed by atoms with Gasteiger partial charge in [-0.15, -0.1) is 0 Å². The Bertz CT molecular complexity index is 669. The van der Waals surface area contributed by atoms with Crippen LogP contribution >= 0.6 is 0 Å². The van der Waals surface area contributed by atoms with Gasteiger partial charge in [-0.25, -0.2) is 13.4 Å². The predicted octanol–water partition coefficient (Wildman–Crippen LogP) is 2.58. The van der Waals surface area contributed by atoms with Crippen LogP contribution in [0.15, 0.2) is 47.4 Å². The lowest BCUT2D eigenvalue weighted by atomic mass is 10.2. The Labute approximate surface area is 111 Å². The van der Waals surface area contributed by atoms with Crippen molar-refractivity contribution in [3.63, 3.8) is 0 Å². The highest BCUT2D eigenvalue weighted by atomic mass is 32.2. The molecule has 0 spiro atoms. The van der Waals surface area contributed by atoms with Gasteiger partial charge in [-0.2, -0.15) is 4.39 Å². The Morgan fingerprint density at radius 2 is 1.84 bits per heavy atom. The maximum absolute atomic E-state index is 12.9. The number of pyridine rings is 1. The second kappa shape index (κ2) is 5.36. The van der Waals surface area contributed by atoms with Crippen LogP contribution in [0.5, 0.6) is 0 Å². The molecule has 4 nitrogen and oxygen atoms in total. The van der Waals surface area contributed by atoms with Crippen molar-refractivity contribution in [3.05, 3.63) is 54.0 Å². The monoisotopic (exact) mass is 280 g/mol. The number of sulfonamides is 1. The minimum absolute atomic E-state index is 0.0421. The van der Waals surface area contributed by atoms with Crippen LogP contribution in [-0.4, -0.2) is 13.4 Å². The van der Waals surface area contributed by atoms with E-state index in [0.717, 1.165) is 18.1 Å². The SMILES string of the molecule is CCc1ccc(S(=O)(=O)Nc2cccc(F)n2)cc1. The average Bonchev–Trinajstić information content (AvgIpc) is 2.38. The molecule has 1 aromatic carbocycles. The molecule has 19 heavy (non-hydrogen) atoms. The van der Waals surface area contributed by atoms with Crippen LogP contribution in [0, 0.1) is 5.95 Å². The van der Waals surface area contributed by atoms with Crippen LogP contribution in [0.2, 0.25) is 0 Å². The lowest BCUT2D eigenvalue weighted by molar-refractivity contribution is 0.584. The summed E-state index contributed by atoms with van der Waals surface area (Å²) < 4.78 is 39.2. The summed E-state index contributed by atoms with van der Waals surface area (Å²) in [5.74, 6) is -0.777. The molecule has 0 radical (unpaired) electrons. The number of halogens is 1. The van der Waals surface area contributed by atoms with Crippen LogP contribution in [0.1, 0.15) is 12.5 Å². The van der Waals surface area contributed by atoms with E-state index in [9.17, 15) is 12.8 Å². The molecule has 0 saturated carbocycles. The van der Waals surface area contributed by atoms with Gasteiger partial charge in [0.2, 0.25) is 5.95 Å². The Balaban J connectivity index is 2.27. The number of nitrogens with one attached hydrogen (secondary N) is 1. The molecule has 0 fully saturated rings. The quantitative estimate of drug-likeness (QED) is 0.876. The fourth-order valence-corrected chi connectivity index (χ4v) is 2.57. The first kappa shape index (κ1) is 13.5. The summed E-state index contributed by atoms with van der Waals surface area (Å²) in [5, 5.41) is 0. The fraction of sp³-hybridized carbons (Fsp3) is 0.154. The lowest BCUT2D eigenvalue weighted by Gasteiger charge is -2.07. The van der Waals surface area contributed by atoms with E-state index in [0.29, 0.717) is 0 Å². The van der Waals surface area contributed by atoms with Crippen LogP contribution in [0.25, 0.3) is 0 Å². The molecule has 0 aliphatic carbocycles. The number of aromatic nitrogens is 1. The number of benzene rings is 1. The number of rotatable bonds is 4. The highest BCUT2D eigenvalue weighted by molar-refractivity contribution is 7.92. The van der Waals surface area contributed by atoms with Gasteiger partial charge in [-0.1, -0.05) is 25.1 Å². The molecule has 2 aromatic rings. The Kier molecular flexibility index (Phi) is 3.80. The summed E-state index contributed by atoms with van der Waals surface area (Å²) in [4.78, 5) is 3.58. The van der Waals surface area contributed by atoms with Crippen molar-refractivity contribution >= 4 is 15.8 Å². The third kappa shape index (κ3) is 3.29. The average molecular weight is 280 g/mol. The van der Waals surface area contributed by atoms with E-state index >= 15 is 0 Å². The normalized spacial score (nSPS) is 11.3.